The Morgan fingerprint density at radius 1 is 1.29 bits per heavy atom. The SMILES string of the molecule is CC1=CC[C@@H]2COC(CN3CCCCC3)[C@H]1C2. The molecule has 0 aromatic carbocycles. The van der Waals surface area contributed by atoms with E-state index in [0.717, 1.165) is 12.5 Å². The zero-order chi connectivity index (χ0) is 11.7. The van der Waals surface area contributed by atoms with Crippen molar-refractivity contribution in [3.8, 4) is 0 Å². The van der Waals surface area contributed by atoms with Gasteiger partial charge in [0, 0.05) is 12.5 Å². The Kier molecular flexibility index (Phi) is 3.53. The molecule has 2 saturated heterocycles. The van der Waals surface area contributed by atoms with E-state index in [1.54, 1.807) is 5.57 Å². The monoisotopic (exact) mass is 235 g/mol. The van der Waals surface area contributed by atoms with Crippen LogP contribution in [0.1, 0.15) is 39.0 Å². The van der Waals surface area contributed by atoms with Crippen LogP contribution in [0, 0.1) is 11.8 Å². The van der Waals surface area contributed by atoms with Gasteiger partial charge in [-0.25, -0.2) is 0 Å². The highest BCUT2D eigenvalue weighted by Crippen LogP contribution is 2.37. The van der Waals surface area contributed by atoms with E-state index in [4.69, 9.17) is 4.74 Å². The Bertz CT molecular complexity index is 293. The highest BCUT2D eigenvalue weighted by atomic mass is 16.5. The number of rotatable bonds is 2. The number of ether oxygens (including phenoxy) is 1. The number of piperidine rings is 1. The fraction of sp³-hybridized carbons (Fsp3) is 0.867. The number of allylic oxidation sites excluding steroid dienone is 1. The summed E-state index contributed by atoms with van der Waals surface area (Å²) in [6.07, 6.45) is 9.75. The summed E-state index contributed by atoms with van der Waals surface area (Å²) in [7, 11) is 0. The van der Waals surface area contributed by atoms with E-state index in [2.05, 4.69) is 17.9 Å². The molecule has 0 radical (unpaired) electrons. The summed E-state index contributed by atoms with van der Waals surface area (Å²) in [4.78, 5) is 2.62. The Labute approximate surface area is 105 Å². The van der Waals surface area contributed by atoms with Crippen LogP contribution < -0.4 is 0 Å². The molecule has 2 aliphatic heterocycles. The van der Waals surface area contributed by atoms with Gasteiger partial charge < -0.3 is 9.64 Å². The number of hydrogen-bond acceptors (Lipinski definition) is 2. The van der Waals surface area contributed by atoms with Gasteiger partial charge in [0.2, 0.25) is 0 Å². The standard InChI is InChI=1S/C15H25NO/c1-12-5-6-13-9-14(12)15(17-11-13)10-16-7-3-2-4-8-16/h5,13-15H,2-4,6-11H2,1H3/t13-,14-,15?/m0/s1. The molecule has 0 saturated carbocycles. The number of nitrogens with zero attached hydrogens (tertiary/aromatic N) is 1. The second kappa shape index (κ2) is 5.11. The first-order valence-corrected chi connectivity index (χ1v) is 7.33. The molecule has 17 heavy (non-hydrogen) atoms. The molecule has 1 unspecified atom stereocenters. The van der Waals surface area contributed by atoms with Gasteiger partial charge in [-0.15, -0.1) is 0 Å². The highest BCUT2D eigenvalue weighted by molar-refractivity contribution is 5.12. The molecule has 1 aliphatic carbocycles. The average molecular weight is 235 g/mol. The number of likely N-dealkylation sites (tertiary alicyclic amines) is 1. The van der Waals surface area contributed by atoms with Crippen LogP contribution in [0.15, 0.2) is 11.6 Å². The first kappa shape index (κ1) is 11.7. The minimum atomic E-state index is 0.473. The van der Waals surface area contributed by atoms with Crippen molar-refractivity contribution < 1.29 is 4.74 Å². The van der Waals surface area contributed by atoms with Crippen LogP contribution in [-0.2, 0) is 4.74 Å². The van der Waals surface area contributed by atoms with Crippen molar-refractivity contribution >= 4 is 0 Å². The minimum Gasteiger partial charge on any atom is -0.376 e. The van der Waals surface area contributed by atoms with Crippen LogP contribution in [0.4, 0.5) is 0 Å². The first-order chi connectivity index (χ1) is 8.33. The fourth-order valence-corrected chi connectivity index (χ4v) is 3.68. The van der Waals surface area contributed by atoms with Gasteiger partial charge in [-0.3, -0.25) is 0 Å². The molecule has 0 N–H and O–H groups in total. The van der Waals surface area contributed by atoms with Crippen LogP contribution in [0.25, 0.3) is 0 Å². The van der Waals surface area contributed by atoms with Crippen molar-refractivity contribution in [2.45, 2.75) is 45.1 Å². The summed E-state index contributed by atoms with van der Waals surface area (Å²) >= 11 is 0. The van der Waals surface area contributed by atoms with Gasteiger partial charge in [0.25, 0.3) is 0 Å². The Morgan fingerprint density at radius 3 is 2.94 bits per heavy atom. The lowest BCUT2D eigenvalue weighted by Crippen LogP contribution is -2.45. The molecule has 2 heterocycles. The van der Waals surface area contributed by atoms with Gasteiger partial charge in [-0.1, -0.05) is 18.1 Å². The van der Waals surface area contributed by atoms with Crippen molar-refractivity contribution in [2.24, 2.45) is 11.8 Å². The third kappa shape index (κ3) is 2.58. The molecule has 3 rings (SSSR count). The van der Waals surface area contributed by atoms with Crippen molar-refractivity contribution in [2.75, 3.05) is 26.2 Å². The van der Waals surface area contributed by atoms with Crippen LogP contribution in [0.2, 0.25) is 0 Å². The molecule has 2 nitrogen and oxygen atoms in total. The third-order valence-electron chi connectivity index (χ3n) is 4.83. The molecule has 0 spiro atoms. The van der Waals surface area contributed by atoms with Gasteiger partial charge in [0.15, 0.2) is 0 Å². The largest absolute Gasteiger partial charge is 0.376 e. The maximum atomic E-state index is 6.14. The van der Waals surface area contributed by atoms with Crippen molar-refractivity contribution in [3.63, 3.8) is 0 Å². The molecule has 0 amide bonds. The lowest BCUT2D eigenvalue weighted by Gasteiger charge is -2.42. The molecule has 3 atom stereocenters. The smallest absolute Gasteiger partial charge is 0.0767 e. The molecular weight excluding hydrogens is 210 g/mol. The van der Waals surface area contributed by atoms with Crippen molar-refractivity contribution in [3.05, 3.63) is 11.6 Å². The highest BCUT2D eigenvalue weighted by Gasteiger charge is 2.35. The molecule has 2 heteroatoms. The third-order valence-corrected chi connectivity index (χ3v) is 4.83. The minimum absolute atomic E-state index is 0.473. The van der Waals surface area contributed by atoms with Crippen molar-refractivity contribution in [1.29, 1.82) is 0 Å². The maximum Gasteiger partial charge on any atom is 0.0767 e. The lowest BCUT2D eigenvalue weighted by atomic mass is 9.77. The Morgan fingerprint density at radius 2 is 2.12 bits per heavy atom. The molecule has 96 valence electrons. The second-order valence-corrected chi connectivity index (χ2v) is 6.13. The maximum absolute atomic E-state index is 6.14. The predicted octanol–water partition coefficient (Wildman–Crippen LogP) is 2.84. The molecule has 0 aromatic heterocycles. The zero-order valence-electron chi connectivity index (χ0n) is 11.0. The van der Waals surface area contributed by atoms with E-state index < -0.39 is 0 Å². The zero-order valence-corrected chi connectivity index (χ0v) is 11.0. The summed E-state index contributed by atoms with van der Waals surface area (Å²) < 4.78 is 6.14. The van der Waals surface area contributed by atoms with Gasteiger partial charge in [-0.2, -0.15) is 0 Å². The van der Waals surface area contributed by atoms with Gasteiger partial charge in [0.1, 0.15) is 0 Å². The Balaban J connectivity index is 1.62. The fourth-order valence-electron chi connectivity index (χ4n) is 3.68. The second-order valence-electron chi connectivity index (χ2n) is 6.13. The Hall–Kier alpha value is -0.340. The summed E-state index contributed by atoms with van der Waals surface area (Å²) in [5, 5.41) is 0. The summed E-state index contributed by atoms with van der Waals surface area (Å²) in [5.74, 6) is 1.52. The van der Waals surface area contributed by atoms with Crippen LogP contribution in [0.3, 0.4) is 0 Å². The van der Waals surface area contributed by atoms with Crippen LogP contribution in [0.5, 0.6) is 0 Å². The molecule has 0 aromatic rings. The van der Waals surface area contributed by atoms with E-state index in [1.165, 1.54) is 51.7 Å². The molecule has 2 bridgehead atoms. The predicted molar refractivity (Wildman–Crippen MR) is 70.0 cm³/mol. The van der Waals surface area contributed by atoms with Crippen molar-refractivity contribution in [1.82, 2.24) is 4.90 Å². The average Bonchev–Trinajstić information content (AvgIpc) is 2.38. The van der Waals surface area contributed by atoms with E-state index in [0.29, 0.717) is 12.0 Å². The summed E-state index contributed by atoms with van der Waals surface area (Å²) in [6, 6.07) is 0. The lowest BCUT2D eigenvalue weighted by molar-refractivity contribution is -0.0650. The quantitative estimate of drug-likeness (QED) is 0.682. The van der Waals surface area contributed by atoms with E-state index in [1.807, 2.05) is 0 Å². The summed E-state index contributed by atoms with van der Waals surface area (Å²) in [5.41, 5.74) is 1.59. The van der Waals surface area contributed by atoms with Gasteiger partial charge in [-0.05, 0) is 51.6 Å². The molecule has 2 fully saturated rings. The van der Waals surface area contributed by atoms with E-state index in [-0.39, 0.29) is 0 Å². The van der Waals surface area contributed by atoms with Crippen LogP contribution >= 0.6 is 0 Å². The molecular formula is C15H25NO. The molecule has 3 aliphatic rings. The number of hydrogen-bond donors (Lipinski definition) is 0. The van der Waals surface area contributed by atoms with E-state index in [9.17, 15) is 0 Å². The van der Waals surface area contributed by atoms with E-state index >= 15 is 0 Å². The summed E-state index contributed by atoms with van der Waals surface area (Å²) in [6.45, 7) is 7.05. The normalized spacial score (nSPS) is 38.9. The topological polar surface area (TPSA) is 12.5 Å². The van der Waals surface area contributed by atoms with Gasteiger partial charge in [0.05, 0.1) is 12.7 Å². The number of fused-ring (bicyclic) bond motifs is 2. The van der Waals surface area contributed by atoms with Crippen LogP contribution in [-0.4, -0.2) is 37.2 Å². The first-order valence-electron chi connectivity index (χ1n) is 7.33. The van der Waals surface area contributed by atoms with Gasteiger partial charge >= 0.3 is 0 Å².